The fraction of sp³-hybridized carbons (Fsp3) is 0.650. The van der Waals surface area contributed by atoms with Gasteiger partial charge in [0.25, 0.3) is 0 Å². The quantitative estimate of drug-likeness (QED) is 0.892. The third-order valence-electron chi connectivity index (χ3n) is 6.60. The Morgan fingerprint density at radius 1 is 1.08 bits per heavy atom. The van der Waals surface area contributed by atoms with Crippen LogP contribution in [0.5, 0.6) is 11.5 Å². The van der Waals surface area contributed by atoms with Crippen LogP contribution in [0.3, 0.4) is 0 Å². The van der Waals surface area contributed by atoms with Crippen LogP contribution in [0.2, 0.25) is 0 Å². The summed E-state index contributed by atoms with van der Waals surface area (Å²) in [7, 11) is 0. The Kier molecular flexibility index (Phi) is 3.57. The van der Waals surface area contributed by atoms with Gasteiger partial charge in [-0.15, -0.1) is 0 Å². The van der Waals surface area contributed by atoms with Crippen LogP contribution < -0.4 is 14.8 Å². The third-order valence-corrected chi connectivity index (χ3v) is 6.60. The van der Waals surface area contributed by atoms with Crippen molar-refractivity contribution in [1.82, 2.24) is 10.2 Å². The van der Waals surface area contributed by atoms with E-state index in [2.05, 4.69) is 10.2 Å². The van der Waals surface area contributed by atoms with Crippen molar-refractivity contribution in [3.63, 3.8) is 0 Å². The van der Waals surface area contributed by atoms with Gasteiger partial charge in [-0.1, -0.05) is 6.07 Å². The number of carbonyl (C=O) groups is 1. The van der Waals surface area contributed by atoms with Crippen molar-refractivity contribution >= 4 is 6.03 Å². The minimum atomic E-state index is -0.0420. The molecule has 134 valence electrons. The molecule has 3 atom stereocenters. The number of hydrogen-bond acceptors (Lipinski definition) is 3. The van der Waals surface area contributed by atoms with Gasteiger partial charge >= 0.3 is 6.03 Å². The van der Waals surface area contributed by atoms with Crippen LogP contribution in [-0.4, -0.2) is 30.3 Å². The summed E-state index contributed by atoms with van der Waals surface area (Å²) in [6.07, 6.45) is 6.47. The number of ether oxygens (including phenoxy) is 2. The van der Waals surface area contributed by atoms with Crippen LogP contribution in [0.4, 0.5) is 4.79 Å². The third kappa shape index (κ3) is 2.74. The second-order valence-electron chi connectivity index (χ2n) is 8.37. The highest BCUT2D eigenvalue weighted by Gasteiger charge is 2.44. The maximum Gasteiger partial charge on any atom is 0.318 e. The molecule has 1 aromatic carbocycles. The van der Waals surface area contributed by atoms with Crippen molar-refractivity contribution in [1.29, 1.82) is 0 Å². The zero-order valence-electron chi connectivity index (χ0n) is 14.7. The molecule has 1 aromatic rings. The molecule has 0 aromatic heterocycles. The van der Waals surface area contributed by atoms with Gasteiger partial charge < -0.3 is 19.7 Å². The van der Waals surface area contributed by atoms with Crippen LogP contribution in [0.1, 0.15) is 50.6 Å². The molecule has 2 aliphatic carbocycles. The van der Waals surface area contributed by atoms with E-state index in [9.17, 15) is 4.79 Å². The number of benzene rings is 1. The Morgan fingerprint density at radius 2 is 1.80 bits per heavy atom. The first kappa shape index (κ1) is 15.4. The molecule has 1 N–H and O–H groups in total. The van der Waals surface area contributed by atoms with Gasteiger partial charge in [0.1, 0.15) is 0 Å². The molecule has 2 saturated heterocycles. The fourth-order valence-electron chi connectivity index (χ4n) is 5.57. The summed E-state index contributed by atoms with van der Waals surface area (Å²) in [5.41, 5.74) is 1.05. The Morgan fingerprint density at radius 3 is 2.60 bits per heavy atom. The van der Waals surface area contributed by atoms with E-state index < -0.39 is 0 Å². The predicted molar refractivity (Wildman–Crippen MR) is 93.6 cm³/mol. The topological polar surface area (TPSA) is 50.8 Å². The number of rotatable bonds is 2. The predicted octanol–water partition coefficient (Wildman–Crippen LogP) is 3.70. The van der Waals surface area contributed by atoms with Crippen LogP contribution in [0.25, 0.3) is 0 Å². The Labute approximate surface area is 148 Å². The largest absolute Gasteiger partial charge is 0.454 e. The van der Waals surface area contributed by atoms with Crippen molar-refractivity contribution in [3.8, 4) is 11.5 Å². The Balaban J connectivity index is 1.30. The van der Waals surface area contributed by atoms with Crippen molar-refractivity contribution in [2.45, 2.75) is 51.1 Å². The first-order chi connectivity index (χ1) is 12.2. The first-order valence-corrected chi connectivity index (χ1v) is 9.62. The van der Waals surface area contributed by atoms with E-state index in [0.717, 1.165) is 35.4 Å². The summed E-state index contributed by atoms with van der Waals surface area (Å²) in [6, 6.07) is 6.41. The average molecular weight is 342 g/mol. The van der Waals surface area contributed by atoms with Crippen molar-refractivity contribution < 1.29 is 14.3 Å². The maximum absolute atomic E-state index is 13.0. The molecule has 5 aliphatic rings. The molecule has 3 unspecified atom stereocenters. The van der Waals surface area contributed by atoms with Crippen LogP contribution in [-0.2, 0) is 0 Å². The monoisotopic (exact) mass is 342 g/mol. The van der Waals surface area contributed by atoms with E-state index in [1.165, 1.54) is 32.1 Å². The number of fused-ring (bicyclic) bond motifs is 2. The molecule has 2 saturated carbocycles. The Bertz CT molecular complexity index is 678. The normalized spacial score (nSPS) is 33.2. The molecule has 3 heterocycles. The number of carbonyl (C=O) groups excluding carboxylic acids is 1. The van der Waals surface area contributed by atoms with Gasteiger partial charge in [0, 0.05) is 12.6 Å². The van der Waals surface area contributed by atoms with Gasteiger partial charge in [-0.05, 0) is 74.5 Å². The summed E-state index contributed by atoms with van der Waals surface area (Å²) in [5, 5.41) is 3.22. The van der Waals surface area contributed by atoms with Gasteiger partial charge in [0.2, 0.25) is 6.79 Å². The van der Waals surface area contributed by atoms with Crippen LogP contribution >= 0.6 is 0 Å². The highest BCUT2D eigenvalue weighted by molar-refractivity contribution is 5.75. The number of urea groups is 1. The fourth-order valence-corrected chi connectivity index (χ4v) is 5.57. The van der Waals surface area contributed by atoms with E-state index in [1.54, 1.807) is 0 Å². The van der Waals surface area contributed by atoms with E-state index in [1.807, 2.05) is 25.1 Å². The minimum absolute atomic E-state index is 0.0420. The summed E-state index contributed by atoms with van der Waals surface area (Å²) in [6.45, 7) is 3.26. The van der Waals surface area contributed by atoms with Gasteiger partial charge in [-0.3, -0.25) is 0 Å². The molecule has 3 aliphatic heterocycles. The average Bonchev–Trinajstić information content (AvgIpc) is 2.97. The molecule has 2 amide bonds. The molecule has 5 heteroatoms. The lowest BCUT2D eigenvalue weighted by molar-refractivity contribution is 0.130. The van der Waals surface area contributed by atoms with Crippen molar-refractivity contribution in [3.05, 3.63) is 23.8 Å². The zero-order chi connectivity index (χ0) is 17.0. The molecule has 0 spiro atoms. The van der Waals surface area contributed by atoms with Crippen LogP contribution in [0.15, 0.2) is 18.2 Å². The van der Waals surface area contributed by atoms with E-state index in [-0.39, 0.29) is 18.9 Å². The Hall–Kier alpha value is -1.91. The molecular weight excluding hydrogens is 316 g/mol. The van der Waals surface area contributed by atoms with E-state index in [0.29, 0.717) is 12.0 Å². The van der Waals surface area contributed by atoms with Crippen molar-refractivity contribution in [2.75, 3.05) is 13.3 Å². The smallest absolute Gasteiger partial charge is 0.318 e. The first-order valence-electron chi connectivity index (χ1n) is 9.62. The number of nitrogens with one attached hydrogen (secondary N) is 1. The number of hydrogen-bond donors (Lipinski definition) is 1. The molecule has 4 fully saturated rings. The lowest BCUT2D eigenvalue weighted by Gasteiger charge is -2.39. The van der Waals surface area contributed by atoms with Crippen molar-refractivity contribution in [2.24, 2.45) is 17.8 Å². The van der Waals surface area contributed by atoms with Gasteiger partial charge in [0.05, 0.1) is 6.04 Å². The molecule has 25 heavy (non-hydrogen) atoms. The van der Waals surface area contributed by atoms with E-state index in [4.69, 9.17) is 9.47 Å². The standard InChI is InChI=1S/C20H26N2O3/c1-12(16-2-3-18-19(9-16)25-11-24-18)21-20(23)22-10-15-5-13-4-14(6-15)8-17(22)7-13/h2-3,9,12-15,17H,4-8,10-11H2,1H3,(H,21,23). The molecule has 4 bridgehead atoms. The SMILES string of the molecule is CC(NC(=O)N1CC2CC3CC(C2)CC1C3)c1ccc2c(c1)OCO2. The molecule has 5 nitrogen and oxygen atoms in total. The lowest BCUT2D eigenvalue weighted by Crippen LogP contribution is -2.47. The van der Waals surface area contributed by atoms with Gasteiger partial charge in [-0.2, -0.15) is 0 Å². The summed E-state index contributed by atoms with van der Waals surface area (Å²) < 4.78 is 10.8. The summed E-state index contributed by atoms with van der Waals surface area (Å²) in [5.74, 6) is 3.97. The molecular formula is C20H26N2O3. The highest BCUT2D eigenvalue weighted by atomic mass is 16.7. The maximum atomic E-state index is 13.0. The molecule has 6 rings (SSSR count). The number of nitrogens with zero attached hydrogens (tertiary/aromatic N) is 1. The van der Waals surface area contributed by atoms with E-state index >= 15 is 0 Å². The highest BCUT2D eigenvalue weighted by Crippen LogP contribution is 2.47. The minimum Gasteiger partial charge on any atom is -0.454 e. The number of amides is 2. The summed E-state index contributed by atoms with van der Waals surface area (Å²) in [4.78, 5) is 15.1. The summed E-state index contributed by atoms with van der Waals surface area (Å²) >= 11 is 0. The zero-order valence-corrected chi connectivity index (χ0v) is 14.7. The second-order valence-corrected chi connectivity index (χ2v) is 8.37. The second kappa shape index (κ2) is 5.82. The lowest BCUT2D eigenvalue weighted by atomic mass is 9.68. The van der Waals surface area contributed by atoms with Gasteiger partial charge in [-0.25, -0.2) is 4.79 Å². The van der Waals surface area contributed by atoms with Gasteiger partial charge in [0.15, 0.2) is 11.5 Å². The molecule has 0 radical (unpaired) electrons. The van der Waals surface area contributed by atoms with Crippen LogP contribution in [0, 0.1) is 17.8 Å².